The number of H-pyrrole nitrogens is 1. The summed E-state index contributed by atoms with van der Waals surface area (Å²) in [4.78, 5) is 20.3. The summed E-state index contributed by atoms with van der Waals surface area (Å²) in [5.41, 5.74) is 0.835. The molecule has 3 heterocycles. The van der Waals surface area contributed by atoms with Gasteiger partial charge < -0.3 is 4.74 Å². The van der Waals surface area contributed by atoms with Crippen molar-refractivity contribution in [1.29, 1.82) is 0 Å². The maximum atomic E-state index is 12.3. The monoisotopic (exact) mass is 456 g/mol. The number of nitrogens with one attached hydrogen (secondary N) is 2. The van der Waals surface area contributed by atoms with E-state index in [-0.39, 0.29) is 11.4 Å². The van der Waals surface area contributed by atoms with Crippen LogP contribution < -0.4 is 10.1 Å². The van der Waals surface area contributed by atoms with Gasteiger partial charge in [-0.15, -0.1) is 17.9 Å². The molecule has 3 aromatic rings. The van der Waals surface area contributed by atoms with E-state index in [1.165, 1.54) is 23.5 Å². The number of halogens is 3. The number of pyridine rings is 1. The molecule has 0 atom stereocenters. The summed E-state index contributed by atoms with van der Waals surface area (Å²) in [6, 6.07) is 2.51. The topological polar surface area (TPSA) is 97.7 Å². The summed E-state index contributed by atoms with van der Waals surface area (Å²) in [5, 5.41) is 11.6. The predicted molar refractivity (Wildman–Crippen MR) is 106 cm³/mol. The lowest BCUT2D eigenvalue weighted by molar-refractivity contribution is -0.154. The van der Waals surface area contributed by atoms with Gasteiger partial charge in [-0.3, -0.25) is 19.8 Å². The van der Waals surface area contributed by atoms with Crippen LogP contribution in [0.15, 0.2) is 36.4 Å². The molecule has 0 aromatic carbocycles. The van der Waals surface area contributed by atoms with E-state index in [0.717, 1.165) is 6.20 Å². The number of aromatic nitrogens is 5. The Kier molecular flexibility index (Phi) is 6.62. The highest BCUT2D eigenvalue weighted by molar-refractivity contribution is 7.71. The fourth-order valence-corrected chi connectivity index (χ4v) is 3.27. The normalized spacial score (nSPS) is 11.3. The Balaban J connectivity index is 1.61. The van der Waals surface area contributed by atoms with E-state index in [2.05, 4.69) is 36.8 Å². The van der Waals surface area contributed by atoms with E-state index >= 15 is 0 Å². The number of alkyl halides is 3. The number of ether oxygens (including phenoxy) is 1. The second kappa shape index (κ2) is 9.17. The van der Waals surface area contributed by atoms with Gasteiger partial charge in [0.2, 0.25) is 5.88 Å². The van der Waals surface area contributed by atoms with Crippen LogP contribution in [0.5, 0.6) is 5.88 Å². The van der Waals surface area contributed by atoms with Crippen LogP contribution in [-0.4, -0.2) is 43.4 Å². The maximum absolute atomic E-state index is 12.3. The van der Waals surface area contributed by atoms with Gasteiger partial charge in [-0.2, -0.15) is 18.3 Å². The second-order valence-electron chi connectivity index (χ2n) is 5.91. The number of nitrogens with zero attached hydrogens (tertiary/aromatic N) is 4. The molecule has 0 fully saturated rings. The van der Waals surface area contributed by atoms with Crippen LogP contribution in [0.2, 0.25) is 0 Å². The summed E-state index contributed by atoms with van der Waals surface area (Å²) < 4.78 is 43.2. The number of carbonyl (C=O) groups is 1. The van der Waals surface area contributed by atoms with Gasteiger partial charge in [-0.1, -0.05) is 6.08 Å². The molecule has 2 N–H and O–H groups in total. The summed E-state index contributed by atoms with van der Waals surface area (Å²) in [5.74, 6) is -0.0461. The second-order valence-corrected chi connectivity index (χ2v) is 7.15. The molecule has 0 saturated carbocycles. The molecule has 0 spiro atoms. The molecule has 1 amide bonds. The molecule has 158 valence electrons. The van der Waals surface area contributed by atoms with Crippen molar-refractivity contribution in [2.45, 2.75) is 19.1 Å². The quantitative estimate of drug-likeness (QED) is 0.396. The van der Waals surface area contributed by atoms with Gasteiger partial charge in [0.1, 0.15) is 5.82 Å². The Bertz CT molecular complexity index is 1090. The van der Waals surface area contributed by atoms with E-state index in [9.17, 15) is 18.0 Å². The zero-order valence-corrected chi connectivity index (χ0v) is 16.9. The van der Waals surface area contributed by atoms with Crippen LogP contribution in [-0.2, 0) is 13.0 Å². The zero-order chi connectivity index (χ0) is 21.7. The molecule has 0 radical (unpaired) electrons. The van der Waals surface area contributed by atoms with Gasteiger partial charge in [0.15, 0.2) is 16.5 Å². The van der Waals surface area contributed by atoms with E-state index in [1.807, 2.05) is 0 Å². The van der Waals surface area contributed by atoms with E-state index < -0.39 is 18.7 Å². The third-order valence-corrected chi connectivity index (χ3v) is 4.76. The van der Waals surface area contributed by atoms with Gasteiger partial charge in [-0.05, 0) is 18.3 Å². The average Bonchev–Trinajstić information content (AvgIpc) is 3.28. The number of carbonyl (C=O) groups excluding carboxylic acids is 1. The Morgan fingerprint density at radius 3 is 2.90 bits per heavy atom. The lowest BCUT2D eigenvalue weighted by Gasteiger charge is -2.08. The molecular formula is C17H15F3N6O2S2. The van der Waals surface area contributed by atoms with Crippen LogP contribution in [0, 0.1) is 4.77 Å². The van der Waals surface area contributed by atoms with E-state index in [1.54, 1.807) is 16.0 Å². The van der Waals surface area contributed by atoms with Crippen LogP contribution in [0.3, 0.4) is 0 Å². The molecule has 3 rings (SSSR count). The highest BCUT2D eigenvalue weighted by atomic mass is 32.1. The SMILES string of the molecule is C=CCn1c(Cc2csc(NC(=O)c3ccc(OCC(F)(F)F)nc3)n2)n[nH]c1=S. The van der Waals surface area contributed by atoms with Gasteiger partial charge in [0.05, 0.1) is 17.7 Å². The first-order chi connectivity index (χ1) is 14.2. The highest BCUT2D eigenvalue weighted by Gasteiger charge is 2.28. The summed E-state index contributed by atoms with van der Waals surface area (Å²) in [6.07, 6.45) is -1.23. The van der Waals surface area contributed by atoms with Gasteiger partial charge in [0.25, 0.3) is 5.91 Å². The Hall–Kier alpha value is -3.06. The van der Waals surface area contributed by atoms with Crippen molar-refractivity contribution in [3.8, 4) is 5.88 Å². The fourth-order valence-electron chi connectivity index (χ4n) is 2.34. The molecule has 0 bridgehead atoms. The number of hydrogen-bond donors (Lipinski definition) is 2. The van der Waals surface area contributed by atoms with Crippen molar-refractivity contribution in [3.05, 3.63) is 58.2 Å². The summed E-state index contributed by atoms with van der Waals surface area (Å²) in [6.45, 7) is 2.74. The zero-order valence-electron chi connectivity index (χ0n) is 15.3. The summed E-state index contributed by atoms with van der Waals surface area (Å²) in [7, 11) is 0. The van der Waals surface area contributed by atoms with Gasteiger partial charge >= 0.3 is 6.18 Å². The highest BCUT2D eigenvalue weighted by Crippen LogP contribution is 2.20. The fraction of sp³-hybridized carbons (Fsp3) is 0.235. The first kappa shape index (κ1) is 21.6. The Labute approximate surface area is 177 Å². The van der Waals surface area contributed by atoms with Crippen molar-refractivity contribution in [1.82, 2.24) is 24.7 Å². The number of rotatable bonds is 8. The molecule has 0 aliphatic heterocycles. The largest absolute Gasteiger partial charge is 0.468 e. The Morgan fingerprint density at radius 1 is 1.43 bits per heavy atom. The molecular weight excluding hydrogens is 441 g/mol. The number of anilines is 1. The molecule has 0 saturated heterocycles. The molecule has 0 unspecified atom stereocenters. The van der Waals surface area contributed by atoms with Crippen molar-refractivity contribution >= 4 is 34.6 Å². The standard InChI is InChI=1S/C17H15F3N6O2S2/c1-2-5-26-12(24-25-16(26)29)6-11-8-30-15(22-11)23-14(27)10-3-4-13(21-7-10)28-9-17(18,19)20/h2-4,7-8H,1,5-6,9H2,(H,25,29)(H,22,23,27). The third-order valence-electron chi connectivity index (χ3n) is 3.64. The smallest absolute Gasteiger partial charge is 0.422 e. The average molecular weight is 456 g/mol. The van der Waals surface area contributed by atoms with Crippen LogP contribution in [0.25, 0.3) is 0 Å². The predicted octanol–water partition coefficient (Wildman–Crippen LogP) is 3.76. The number of amides is 1. The first-order valence-electron chi connectivity index (χ1n) is 8.41. The molecule has 0 aliphatic rings. The van der Waals surface area contributed by atoms with Crippen LogP contribution in [0.4, 0.5) is 18.3 Å². The third kappa shape index (κ3) is 5.73. The number of thiazole rings is 1. The van der Waals surface area contributed by atoms with Gasteiger partial charge in [0, 0.05) is 24.2 Å². The first-order valence-corrected chi connectivity index (χ1v) is 9.70. The maximum Gasteiger partial charge on any atom is 0.422 e. The minimum Gasteiger partial charge on any atom is -0.468 e. The number of allylic oxidation sites excluding steroid dienone is 1. The van der Waals surface area contributed by atoms with Gasteiger partial charge in [-0.25, -0.2) is 9.97 Å². The number of hydrogen-bond acceptors (Lipinski definition) is 7. The molecule has 13 heteroatoms. The van der Waals surface area contributed by atoms with Crippen molar-refractivity contribution < 1.29 is 22.7 Å². The lowest BCUT2D eigenvalue weighted by atomic mass is 10.3. The molecule has 30 heavy (non-hydrogen) atoms. The minimum absolute atomic E-state index is 0.151. The van der Waals surface area contributed by atoms with E-state index in [4.69, 9.17) is 12.2 Å². The number of aromatic amines is 1. The minimum atomic E-state index is -4.46. The summed E-state index contributed by atoms with van der Waals surface area (Å²) >= 11 is 6.39. The lowest BCUT2D eigenvalue weighted by Crippen LogP contribution is -2.19. The van der Waals surface area contributed by atoms with Crippen molar-refractivity contribution in [3.63, 3.8) is 0 Å². The van der Waals surface area contributed by atoms with Crippen LogP contribution in [0.1, 0.15) is 21.9 Å². The Morgan fingerprint density at radius 2 is 2.23 bits per heavy atom. The molecule has 0 aliphatic carbocycles. The van der Waals surface area contributed by atoms with E-state index in [0.29, 0.717) is 34.4 Å². The van der Waals surface area contributed by atoms with Crippen molar-refractivity contribution in [2.24, 2.45) is 0 Å². The molecule has 8 nitrogen and oxygen atoms in total. The van der Waals surface area contributed by atoms with Crippen molar-refractivity contribution in [2.75, 3.05) is 11.9 Å². The van der Waals surface area contributed by atoms with Crippen LogP contribution >= 0.6 is 23.6 Å². The molecule has 3 aromatic heterocycles.